The SMILES string of the molecule is CC(C)(C)N=NC(C)(C#N)CCCOC(=O)c1ccc2c(c1)C(=O)OC2=O. The Morgan fingerprint density at radius 3 is 2.44 bits per heavy atom. The Balaban J connectivity index is 1.91. The van der Waals surface area contributed by atoms with Crippen LogP contribution in [0.4, 0.5) is 0 Å². The van der Waals surface area contributed by atoms with Crippen molar-refractivity contribution >= 4 is 17.9 Å². The van der Waals surface area contributed by atoms with E-state index in [1.807, 2.05) is 20.8 Å². The summed E-state index contributed by atoms with van der Waals surface area (Å²) in [7, 11) is 0. The summed E-state index contributed by atoms with van der Waals surface area (Å²) in [5.41, 5.74) is -1.03. The maximum atomic E-state index is 12.1. The molecule has 0 saturated heterocycles. The quantitative estimate of drug-likeness (QED) is 0.327. The van der Waals surface area contributed by atoms with Crippen molar-refractivity contribution in [2.45, 2.75) is 51.6 Å². The smallest absolute Gasteiger partial charge is 0.346 e. The first kappa shape index (κ1) is 20.2. The molecule has 0 radical (unpaired) electrons. The van der Waals surface area contributed by atoms with E-state index >= 15 is 0 Å². The molecule has 0 fully saturated rings. The average Bonchev–Trinajstić information content (AvgIpc) is 2.90. The number of carbonyl (C=O) groups excluding carboxylic acids is 3. The van der Waals surface area contributed by atoms with Crippen molar-refractivity contribution in [2.24, 2.45) is 10.2 Å². The van der Waals surface area contributed by atoms with Gasteiger partial charge in [-0.15, -0.1) is 0 Å². The lowest BCUT2D eigenvalue weighted by molar-refractivity contribution is 0.0442. The van der Waals surface area contributed by atoms with Gasteiger partial charge in [0.25, 0.3) is 0 Å². The lowest BCUT2D eigenvalue weighted by Gasteiger charge is -2.18. The molecule has 2 rings (SSSR count). The predicted molar refractivity (Wildman–Crippen MR) is 94.3 cm³/mol. The Morgan fingerprint density at radius 2 is 1.81 bits per heavy atom. The van der Waals surface area contributed by atoms with Gasteiger partial charge in [-0.05, 0) is 58.7 Å². The molecule has 1 atom stereocenters. The fraction of sp³-hybridized carbons (Fsp3) is 0.474. The number of rotatable bonds is 6. The second kappa shape index (κ2) is 7.66. The maximum absolute atomic E-state index is 12.1. The number of ether oxygens (including phenoxy) is 2. The molecule has 0 spiro atoms. The zero-order chi connectivity index (χ0) is 20.2. The molecule has 8 nitrogen and oxygen atoms in total. The van der Waals surface area contributed by atoms with Crippen molar-refractivity contribution in [3.8, 4) is 6.07 Å². The third-order valence-corrected chi connectivity index (χ3v) is 3.73. The van der Waals surface area contributed by atoms with E-state index < -0.39 is 23.4 Å². The highest BCUT2D eigenvalue weighted by atomic mass is 16.6. The highest BCUT2D eigenvalue weighted by Gasteiger charge is 2.30. The van der Waals surface area contributed by atoms with Crippen LogP contribution >= 0.6 is 0 Å². The Bertz CT molecular complexity index is 848. The van der Waals surface area contributed by atoms with E-state index in [2.05, 4.69) is 21.0 Å². The van der Waals surface area contributed by atoms with Gasteiger partial charge in [0, 0.05) is 0 Å². The van der Waals surface area contributed by atoms with Crippen molar-refractivity contribution in [1.29, 1.82) is 5.26 Å². The number of fused-ring (bicyclic) bond motifs is 1. The zero-order valence-electron chi connectivity index (χ0n) is 15.7. The summed E-state index contributed by atoms with van der Waals surface area (Å²) in [4.78, 5) is 35.1. The van der Waals surface area contributed by atoms with Crippen LogP contribution in [0.1, 0.15) is 71.6 Å². The number of hydrogen-bond acceptors (Lipinski definition) is 8. The zero-order valence-corrected chi connectivity index (χ0v) is 15.7. The van der Waals surface area contributed by atoms with E-state index in [-0.39, 0.29) is 28.8 Å². The van der Waals surface area contributed by atoms with Crippen molar-refractivity contribution in [1.82, 2.24) is 0 Å². The highest BCUT2D eigenvalue weighted by Crippen LogP contribution is 2.22. The molecule has 142 valence electrons. The van der Waals surface area contributed by atoms with Gasteiger partial charge in [-0.2, -0.15) is 15.5 Å². The number of esters is 3. The molecule has 1 heterocycles. The summed E-state index contributed by atoms with van der Waals surface area (Å²) in [6.07, 6.45) is 0.797. The van der Waals surface area contributed by atoms with Gasteiger partial charge in [0.15, 0.2) is 5.54 Å². The number of nitriles is 1. The molecule has 0 N–H and O–H groups in total. The number of hydrogen-bond donors (Lipinski definition) is 0. The average molecular weight is 371 g/mol. The van der Waals surface area contributed by atoms with E-state index in [1.54, 1.807) is 6.92 Å². The summed E-state index contributed by atoms with van der Waals surface area (Å²) in [5, 5.41) is 17.6. The summed E-state index contributed by atoms with van der Waals surface area (Å²) >= 11 is 0. The predicted octanol–water partition coefficient (Wildman–Crippen LogP) is 3.47. The van der Waals surface area contributed by atoms with E-state index in [9.17, 15) is 19.6 Å². The van der Waals surface area contributed by atoms with E-state index in [0.717, 1.165) is 0 Å². The molecular formula is C19H21N3O5. The van der Waals surface area contributed by atoms with Crippen LogP contribution in [0.3, 0.4) is 0 Å². The Labute approximate surface area is 157 Å². The summed E-state index contributed by atoms with van der Waals surface area (Å²) in [6.45, 7) is 7.41. The molecule has 27 heavy (non-hydrogen) atoms. The minimum absolute atomic E-state index is 0.0501. The third kappa shape index (κ3) is 5.20. The van der Waals surface area contributed by atoms with Gasteiger partial charge < -0.3 is 9.47 Å². The lowest BCUT2D eigenvalue weighted by Crippen LogP contribution is -2.22. The van der Waals surface area contributed by atoms with Crippen LogP contribution in [0.5, 0.6) is 0 Å². The van der Waals surface area contributed by atoms with Crippen LogP contribution in [0.25, 0.3) is 0 Å². The Kier molecular flexibility index (Phi) is 5.74. The van der Waals surface area contributed by atoms with Crippen LogP contribution in [0, 0.1) is 11.3 Å². The first-order valence-electron chi connectivity index (χ1n) is 8.48. The highest BCUT2D eigenvalue weighted by molar-refractivity contribution is 6.15. The molecule has 1 aliphatic rings. The largest absolute Gasteiger partial charge is 0.462 e. The van der Waals surface area contributed by atoms with Crippen molar-refractivity contribution < 1.29 is 23.9 Å². The minimum atomic E-state index is -0.989. The molecule has 1 aliphatic heterocycles. The topological polar surface area (TPSA) is 118 Å². The van der Waals surface area contributed by atoms with E-state index in [4.69, 9.17) is 4.74 Å². The fourth-order valence-electron chi connectivity index (χ4n) is 2.27. The van der Waals surface area contributed by atoms with Crippen molar-refractivity contribution in [3.05, 3.63) is 34.9 Å². The minimum Gasteiger partial charge on any atom is -0.462 e. The maximum Gasteiger partial charge on any atom is 0.346 e. The second-order valence-corrected chi connectivity index (χ2v) is 7.43. The van der Waals surface area contributed by atoms with Crippen LogP contribution in [-0.2, 0) is 9.47 Å². The van der Waals surface area contributed by atoms with E-state index in [0.29, 0.717) is 12.8 Å². The standard InChI is InChI=1S/C19H21N3O5/c1-18(2,3)21-22-19(4,11-20)8-5-9-26-15(23)12-6-7-13-14(10-12)17(25)27-16(13)24/h6-7,10H,5,8-9H2,1-4H3. The Morgan fingerprint density at radius 1 is 1.15 bits per heavy atom. The molecule has 0 aromatic heterocycles. The molecule has 1 aromatic carbocycles. The van der Waals surface area contributed by atoms with Gasteiger partial charge >= 0.3 is 17.9 Å². The molecule has 0 aliphatic carbocycles. The van der Waals surface area contributed by atoms with Gasteiger partial charge in [0.1, 0.15) is 0 Å². The van der Waals surface area contributed by atoms with Crippen molar-refractivity contribution in [3.63, 3.8) is 0 Å². The van der Waals surface area contributed by atoms with E-state index in [1.165, 1.54) is 18.2 Å². The van der Waals surface area contributed by atoms with Gasteiger partial charge in [0.05, 0.1) is 34.9 Å². The molecular weight excluding hydrogens is 350 g/mol. The fourth-order valence-corrected chi connectivity index (χ4v) is 2.27. The first-order chi connectivity index (χ1) is 12.5. The molecule has 8 heteroatoms. The van der Waals surface area contributed by atoms with Gasteiger partial charge in [-0.25, -0.2) is 14.4 Å². The molecule has 0 saturated carbocycles. The summed E-state index contributed by atoms with van der Waals surface area (Å²) in [5.74, 6) is -2.13. The molecule has 0 bridgehead atoms. The van der Waals surface area contributed by atoms with Crippen LogP contribution in [0.15, 0.2) is 28.4 Å². The van der Waals surface area contributed by atoms with Crippen molar-refractivity contribution in [2.75, 3.05) is 6.61 Å². The van der Waals surface area contributed by atoms with Crippen LogP contribution < -0.4 is 0 Å². The number of cyclic esters (lactones) is 2. The molecule has 0 amide bonds. The van der Waals surface area contributed by atoms with Gasteiger partial charge in [0.2, 0.25) is 0 Å². The number of carbonyl (C=O) groups is 3. The second-order valence-electron chi connectivity index (χ2n) is 7.43. The lowest BCUT2D eigenvalue weighted by atomic mass is 9.99. The normalized spacial score (nSPS) is 15.8. The monoisotopic (exact) mass is 371 g/mol. The number of nitrogens with zero attached hydrogens (tertiary/aromatic N) is 3. The van der Waals surface area contributed by atoms with Gasteiger partial charge in [-0.3, -0.25) is 0 Å². The first-order valence-corrected chi connectivity index (χ1v) is 8.48. The molecule has 1 unspecified atom stereocenters. The van der Waals surface area contributed by atoms with Crippen LogP contribution in [0.2, 0.25) is 0 Å². The summed E-state index contributed by atoms with van der Waals surface area (Å²) in [6, 6.07) is 6.16. The van der Waals surface area contributed by atoms with Crippen LogP contribution in [-0.4, -0.2) is 35.6 Å². The van der Waals surface area contributed by atoms with Gasteiger partial charge in [-0.1, -0.05) is 0 Å². The third-order valence-electron chi connectivity index (χ3n) is 3.73. The number of azo groups is 1. The summed E-state index contributed by atoms with van der Waals surface area (Å²) < 4.78 is 9.66. The number of benzene rings is 1. The molecule has 1 aromatic rings. The Hall–Kier alpha value is -3.08.